The maximum Gasteiger partial charge on any atom is 0.226 e. The number of rotatable bonds is 2. The number of fused-ring (bicyclic) bond motifs is 1. The number of aromatic nitrogens is 3. The van der Waals surface area contributed by atoms with Gasteiger partial charge in [-0.15, -0.1) is 0 Å². The minimum absolute atomic E-state index is 0.444. The molecule has 2 aromatic heterocycles. The van der Waals surface area contributed by atoms with Gasteiger partial charge in [-0.3, -0.25) is 0 Å². The van der Waals surface area contributed by atoms with E-state index < -0.39 is 17.7 Å². The Morgan fingerprint density at radius 2 is 2.00 bits per heavy atom. The zero-order valence-corrected chi connectivity index (χ0v) is 12.1. The normalized spacial score (nSPS) is 16.7. The summed E-state index contributed by atoms with van der Waals surface area (Å²) in [6.07, 6.45) is 3.35. The van der Waals surface area contributed by atoms with Crippen LogP contribution >= 0.6 is 0 Å². The molecule has 1 atom stereocenters. The van der Waals surface area contributed by atoms with Crippen molar-refractivity contribution in [3.63, 3.8) is 0 Å². The Morgan fingerprint density at radius 3 is 2.70 bits per heavy atom. The van der Waals surface area contributed by atoms with Crippen LogP contribution in [0, 0.1) is 18.6 Å². The van der Waals surface area contributed by atoms with Gasteiger partial charge in [0.05, 0.1) is 12.0 Å². The molecule has 7 heteroatoms. The molecule has 3 heterocycles. The van der Waals surface area contributed by atoms with E-state index in [0.29, 0.717) is 28.8 Å². The topological polar surface area (TPSA) is 55.9 Å². The van der Waals surface area contributed by atoms with Gasteiger partial charge in [0.25, 0.3) is 0 Å². The SMILES string of the molecule is Cc1nc2n(n1)C(c1cc(F)cc(F)c1)C=C(c1ccco1)N2. The van der Waals surface area contributed by atoms with Gasteiger partial charge < -0.3 is 9.73 Å². The van der Waals surface area contributed by atoms with Gasteiger partial charge in [0.1, 0.15) is 29.3 Å². The Hall–Kier alpha value is -2.96. The molecule has 1 aliphatic heterocycles. The first-order valence-electron chi connectivity index (χ1n) is 7.02. The van der Waals surface area contributed by atoms with Crippen molar-refractivity contribution >= 4 is 11.6 Å². The monoisotopic (exact) mass is 314 g/mol. The zero-order valence-electron chi connectivity index (χ0n) is 12.1. The van der Waals surface area contributed by atoms with Gasteiger partial charge in [-0.05, 0) is 42.8 Å². The van der Waals surface area contributed by atoms with Crippen molar-refractivity contribution < 1.29 is 13.2 Å². The zero-order chi connectivity index (χ0) is 16.0. The molecular weight excluding hydrogens is 302 g/mol. The van der Waals surface area contributed by atoms with Crippen LogP contribution in [0.15, 0.2) is 47.1 Å². The smallest absolute Gasteiger partial charge is 0.226 e. The van der Waals surface area contributed by atoms with Crippen LogP contribution in [-0.2, 0) is 0 Å². The van der Waals surface area contributed by atoms with E-state index in [0.717, 1.165) is 6.07 Å². The Kier molecular flexibility index (Phi) is 3.00. The van der Waals surface area contributed by atoms with Crippen molar-refractivity contribution in [2.75, 3.05) is 5.32 Å². The third kappa shape index (κ3) is 2.40. The molecule has 5 nitrogen and oxygen atoms in total. The van der Waals surface area contributed by atoms with E-state index in [1.807, 2.05) is 0 Å². The molecule has 1 aliphatic rings. The van der Waals surface area contributed by atoms with Crippen LogP contribution < -0.4 is 5.32 Å². The van der Waals surface area contributed by atoms with Crippen molar-refractivity contribution in [1.29, 1.82) is 0 Å². The highest BCUT2D eigenvalue weighted by atomic mass is 19.1. The lowest BCUT2D eigenvalue weighted by molar-refractivity contribution is 0.544. The number of benzene rings is 1. The summed E-state index contributed by atoms with van der Waals surface area (Å²) in [6.45, 7) is 1.75. The van der Waals surface area contributed by atoms with Gasteiger partial charge in [-0.1, -0.05) is 0 Å². The van der Waals surface area contributed by atoms with Crippen LogP contribution in [0.25, 0.3) is 5.70 Å². The van der Waals surface area contributed by atoms with Gasteiger partial charge in [0, 0.05) is 6.07 Å². The molecule has 0 bridgehead atoms. The second-order valence-corrected chi connectivity index (χ2v) is 5.26. The number of hydrogen-bond donors (Lipinski definition) is 1. The number of hydrogen-bond acceptors (Lipinski definition) is 4. The lowest BCUT2D eigenvalue weighted by Crippen LogP contribution is -2.20. The van der Waals surface area contributed by atoms with Crippen LogP contribution in [-0.4, -0.2) is 14.8 Å². The van der Waals surface area contributed by atoms with E-state index in [-0.39, 0.29) is 0 Å². The van der Waals surface area contributed by atoms with Crippen molar-refractivity contribution in [2.45, 2.75) is 13.0 Å². The molecule has 0 radical (unpaired) electrons. The number of aryl methyl sites for hydroxylation is 1. The van der Waals surface area contributed by atoms with Gasteiger partial charge in [-0.25, -0.2) is 13.5 Å². The van der Waals surface area contributed by atoms with Crippen molar-refractivity contribution in [1.82, 2.24) is 14.8 Å². The maximum absolute atomic E-state index is 13.6. The number of furan rings is 1. The molecule has 116 valence electrons. The van der Waals surface area contributed by atoms with E-state index in [2.05, 4.69) is 15.4 Å². The highest BCUT2D eigenvalue weighted by Gasteiger charge is 2.26. The lowest BCUT2D eigenvalue weighted by Gasteiger charge is -2.23. The largest absolute Gasteiger partial charge is 0.463 e. The van der Waals surface area contributed by atoms with Crippen molar-refractivity contribution in [3.8, 4) is 0 Å². The summed E-state index contributed by atoms with van der Waals surface area (Å²) in [4.78, 5) is 4.30. The summed E-state index contributed by atoms with van der Waals surface area (Å²) in [5.41, 5.74) is 1.11. The molecule has 0 amide bonds. The molecular formula is C16H12F2N4O. The summed E-state index contributed by atoms with van der Waals surface area (Å²) in [7, 11) is 0. The Balaban J connectivity index is 1.87. The Morgan fingerprint density at radius 1 is 1.22 bits per heavy atom. The molecule has 0 fully saturated rings. The fourth-order valence-electron chi connectivity index (χ4n) is 2.66. The number of nitrogens with zero attached hydrogens (tertiary/aromatic N) is 3. The minimum atomic E-state index is -0.634. The standard InChI is InChI=1S/C16H12F2N4O/c1-9-19-16-20-13(15-3-2-4-23-15)8-14(22(16)21-9)10-5-11(17)7-12(18)6-10/h2-8,14H,1H3,(H,19,20,21). The lowest BCUT2D eigenvalue weighted by atomic mass is 10.0. The quantitative estimate of drug-likeness (QED) is 0.786. The number of allylic oxidation sites excluding steroid dienone is 1. The Labute approximate surface area is 130 Å². The molecule has 0 spiro atoms. The average Bonchev–Trinajstić information content (AvgIpc) is 3.12. The summed E-state index contributed by atoms with van der Waals surface area (Å²) in [6, 6.07) is 6.49. The minimum Gasteiger partial charge on any atom is -0.463 e. The second-order valence-electron chi connectivity index (χ2n) is 5.26. The van der Waals surface area contributed by atoms with Crippen LogP contribution in [0.2, 0.25) is 0 Å². The fourth-order valence-corrected chi connectivity index (χ4v) is 2.66. The molecule has 0 saturated carbocycles. The van der Waals surface area contributed by atoms with E-state index in [4.69, 9.17) is 4.42 Å². The Bertz CT molecular complexity index is 879. The first kappa shape index (κ1) is 13.7. The van der Waals surface area contributed by atoms with Gasteiger partial charge in [-0.2, -0.15) is 10.1 Å². The van der Waals surface area contributed by atoms with Crippen LogP contribution in [0.3, 0.4) is 0 Å². The van der Waals surface area contributed by atoms with E-state index >= 15 is 0 Å². The van der Waals surface area contributed by atoms with E-state index in [1.54, 1.807) is 36.1 Å². The van der Waals surface area contributed by atoms with Crippen LogP contribution in [0.1, 0.15) is 23.2 Å². The highest BCUT2D eigenvalue weighted by molar-refractivity contribution is 5.74. The van der Waals surface area contributed by atoms with Crippen LogP contribution in [0.5, 0.6) is 0 Å². The summed E-state index contributed by atoms with van der Waals surface area (Å²) < 4.78 is 34.2. The molecule has 0 aliphatic carbocycles. The van der Waals surface area contributed by atoms with E-state index in [1.165, 1.54) is 12.1 Å². The number of nitrogens with one attached hydrogen (secondary N) is 1. The van der Waals surface area contributed by atoms with E-state index in [9.17, 15) is 8.78 Å². The summed E-state index contributed by atoms with van der Waals surface area (Å²) in [5.74, 6) is 0.392. The first-order chi connectivity index (χ1) is 11.1. The third-order valence-corrected chi connectivity index (χ3v) is 3.58. The number of halogens is 2. The van der Waals surface area contributed by atoms with Crippen molar-refractivity contribution in [2.24, 2.45) is 0 Å². The molecule has 1 unspecified atom stereocenters. The fraction of sp³-hybridized carbons (Fsp3) is 0.125. The molecule has 1 aromatic carbocycles. The maximum atomic E-state index is 13.6. The van der Waals surface area contributed by atoms with Gasteiger partial charge >= 0.3 is 0 Å². The molecule has 4 rings (SSSR count). The first-order valence-corrected chi connectivity index (χ1v) is 7.02. The predicted octanol–water partition coefficient (Wildman–Crippen LogP) is 3.51. The van der Waals surface area contributed by atoms with Gasteiger partial charge in [0.2, 0.25) is 5.95 Å². The molecule has 0 saturated heterocycles. The van der Waals surface area contributed by atoms with Crippen LogP contribution in [0.4, 0.5) is 14.7 Å². The third-order valence-electron chi connectivity index (χ3n) is 3.58. The second kappa shape index (κ2) is 5.05. The van der Waals surface area contributed by atoms with Gasteiger partial charge in [0.15, 0.2) is 0 Å². The highest BCUT2D eigenvalue weighted by Crippen LogP contribution is 2.33. The molecule has 3 aromatic rings. The molecule has 1 N–H and O–H groups in total. The number of anilines is 1. The summed E-state index contributed by atoms with van der Waals surface area (Å²) >= 11 is 0. The van der Waals surface area contributed by atoms with Crippen molar-refractivity contribution in [3.05, 3.63) is 71.5 Å². The molecule has 23 heavy (non-hydrogen) atoms. The predicted molar refractivity (Wildman–Crippen MR) is 79.6 cm³/mol. The summed E-state index contributed by atoms with van der Waals surface area (Å²) in [5, 5.41) is 7.43. The average molecular weight is 314 g/mol.